The van der Waals surface area contributed by atoms with Gasteiger partial charge in [-0.3, -0.25) is 0 Å². The number of thiophene rings is 1. The van der Waals surface area contributed by atoms with Crippen LogP contribution in [0.2, 0.25) is 0 Å². The molecule has 0 atom stereocenters. The highest BCUT2D eigenvalue weighted by Gasteiger charge is 2.25. The van der Waals surface area contributed by atoms with Gasteiger partial charge in [-0.2, -0.15) is 4.31 Å². The molecule has 1 heterocycles. The number of sulfonamides is 1. The first-order chi connectivity index (χ1) is 9.57. The van der Waals surface area contributed by atoms with E-state index in [0.717, 1.165) is 24.3 Å². The number of nitrogens with one attached hydrogen (secondary N) is 1. The molecular formula is C14H24N2O2S2. The lowest BCUT2D eigenvalue weighted by molar-refractivity contribution is 0.411. The fourth-order valence-corrected chi connectivity index (χ4v) is 5.19. The van der Waals surface area contributed by atoms with Gasteiger partial charge in [0.05, 0.1) is 0 Å². The largest absolute Gasteiger partial charge is 0.309 e. The van der Waals surface area contributed by atoms with E-state index in [-0.39, 0.29) is 0 Å². The van der Waals surface area contributed by atoms with Gasteiger partial charge < -0.3 is 5.32 Å². The lowest BCUT2D eigenvalue weighted by Gasteiger charge is -2.19. The average Bonchev–Trinajstić information content (AvgIpc) is 3.12. The molecule has 0 radical (unpaired) electrons. The van der Waals surface area contributed by atoms with Crippen LogP contribution in [0.3, 0.4) is 0 Å². The minimum absolute atomic E-state index is 0.479. The Morgan fingerprint density at radius 2 is 1.90 bits per heavy atom. The number of hydrogen-bond donors (Lipinski definition) is 1. The quantitative estimate of drug-likeness (QED) is 0.762. The molecule has 0 aromatic carbocycles. The molecule has 1 N–H and O–H groups in total. The third-order valence-electron chi connectivity index (χ3n) is 3.32. The molecule has 0 saturated heterocycles. The van der Waals surface area contributed by atoms with Crippen LogP contribution in [0.1, 0.15) is 44.4 Å². The third kappa shape index (κ3) is 4.04. The van der Waals surface area contributed by atoms with Crippen LogP contribution in [0.5, 0.6) is 0 Å². The Morgan fingerprint density at radius 1 is 1.25 bits per heavy atom. The molecular weight excluding hydrogens is 292 g/mol. The molecule has 0 amide bonds. The van der Waals surface area contributed by atoms with Crippen LogP contribution in [0.25, 0.3) is 0 Å². The number of nitrogens with zero attached hydrogens (tertiary/aromatic N) is 1. The smallest absolute Gasteiger partial charge is 0.252 e. The first-order valence-corrected chi connectivity index (χ1v) is 9.65. The van der Waals surface area contributed by atoms with E-state index in [9.17, 15) is 8.42 Å². The van der Waals surface area contributed by atoms with Crippen LogP contribution >= 0.6 is 11.3 Å². The molecule has 0 bridgehead atoms. The zero-order chi connectivity index (χ0) is 14.6. The van der Waals surface area contributed by atoms with Crippen molar-refractivity contribution in [2.45, 2.75) is 56.3 Å². The molecule has 114 valence electrons. The first-order valence-electron chi connectivity index (χ1n) is 7.40. The molecule has 1 aromatic rings. The SMILES string of the molecule is CCCN(CCC)S(=O)(=O)c1ccc(CNC2CC2)s1. The molecule has 1 fully saturated rings. The standard InChI is InChI=1S/C14H24N2O2S2/c1-3-9-16(10-4-2)20(17,18)14-8-7-13(19-14)11-15-12-5-6-12/h7-8,12,15H,3-6,9-11H2,1-2H3. The van der Waals surface area contributed by atoms with Gasteiger partial charge >= 0.3 is 0 Å². The van der Waals surface area contributed by atoms with Crippen LogP contribution < -0.4 is 5.32 Å². The predicted molar refractivity (Wildman–Crippen MR) is 83.5 cm³/mol. The van der Waals surface area contributed by atoms with E-state index in [0.29, 0.717) is 23.3 Å². The second-order valence-electron chi connectivity index (χ2n) is 5.28. The van der Waals surface area contributed by atoms with Gasteiger partial charge in [0, 0.05) is 30.6 Å². The minimum atomic E-state index is -3.30. The van der Waals surface area contributed by atoms with Crippen molar-refractivity contribution >= 4 is 21.4 Å². The van der Waals surface area contributed by atoms with E-state index >= 15 is 0 Å². The summed E-state index contributed by atoms with van der Waals surface area (Å²) in [6.07, 6.45) is 4.19. The van der Waals surface area contributed by atoms with Crippen molar-refractivity contribution in [3.63, 3.8) is 0 Å². The van der Waals surface area contributed by atoms with Crippen molar-refractivity contribution in [3.05, 3.63) is 17.0 Å². The Kier molecular flexibility index (Phi) is 5.60. The van der Waals surface area contributed by atoms with E-state index in [1.54, 1.807) is 10.4 Å². The van der Waals surface area contributed by atoms with Crippen molar-refractivity contribution in [1.29, 1.82) is 0 Å². The van der Waals surface area contributed by atoms with Gasteiger partial charge in [0.1, 0.15) is 4.21 Å². The van der Waals surface area contributed by atoms with E-state index in [1.165, 1.54) is 24.2 Å². The van der Waals surface area contributed by atoms with E-state index in [4.69, 9.17) is 0 Å². The monoisotopic (exact) mass is 316 g/mol. The Hall–Kier alpha value is -0.430. The highest BCUT2D eigenvalue weighted by atomic mass is 32.2. The average molecular weight is 316 g/mol. The normalized spacial score (nSPS) is 15.9. The van der Waals surface area contributed by atoms with Gasteiger partial charge in [0.2, 0.25) is 0 Å². The van der Waals surface area contributed by atoms with Gasteiger partial charge in [0.25, 0.3) is 10.0 Å². The summed E-state index contributed by atoms with van der Waals surface area (Å²) in [6.45, 7) is 6.01. The van der Waals surface area contributed by atoms with Crippen molar-refractivity contribution in [1.82, 2.24) is 9.62 Å². The summed E-state index contributed by atoms with van der Waals surface area (Å²) < 4.78 is 27.3. The molecule has 1 saturated carbocycles. The Morgan fingerprint density at radius 3 is 2.45 bits per heavy atom. The number of hydrogen-bond acceptors (Lipinski definition) is 4. The van der Waals surface area contributed by atoms with E-state index in [2.05, 4.69) is 5.32 Å². The van der Waals surface area contributed by atoms with Crippen molar-refractivity contribution in [2.24, 2.45) is 0 Å². The maximum atomic E-state index is 12.6. The maximum Gasteiger partial charge on any atom is 0.252 e. The molecule has 2 rings (SSSR count). The van der Waals surface area contributed by atoms with E-state index in [1.807, 2.05) is 19.9 Å². The van der Waals surface area contributed by atoms with Gasteiger partial charge in [-0.15, -0.1) is 11.3 Å². The summed E-state index contributed by atoms with van der Waals surface area (Å²) in [6, 6.07) is 4.33. The van der Waals surface area contributed by atoms with Crippen LogP contribution in [0, 0.1) is 0 Å². The maximum absolute atomic E-state index is 12.6. The lowest BCUT2D eigenvalue weighted by Crippen LogP contribution is -2.32. The van der Waals surface area contributed by atoms with Gasteiger partial charge in [-0.1, -0.05) is 13.8 Å². The predicted octanol–water partition coefficient (Wildman–Crippen LogP) is 2.81. The Bertz CT molecular complexity index is 515. The summed E-state index contributed by atoms with van der Waals surface area (Å²) in [5.41, 5.74) is 0. The van der Waals surface area contributed by atoms with Crippen molar-refractivity contribution in [2.75, 3.05) is 13.1 Å². The van der Waals surface area contributed by atoms with Crippen molar-refractivity contribution in [3.8, 4) is 0 Å². The second kappa shape index (κ2) is 7.02. The summed E-state index contributed by atoms with van der Waals surface area (Å²) in [5, 5.41) is 3.42. The fraction of sp³-hybridized carbons (Fsp3) is 0.714. The molecule has 6 heteroatoms. The second-order valence-corrected chi connectivity index (χ2v) is 8.61. The highest BCUT2D eigenvalue weighted by molar-refractivity contribution is 7.91. The summed E-state index contributed by atoms with van der Waals surface area (Å²) in [4.78, 5) is 1.10. The summed E-state index contributed by atoms with van der Waals surface area (Å²) in [5.74, 6) is 0. The first kappa shape index (κ1) is 15.9. The van der Waals surface area contributed by atoms with Crippen LogP contribution in [0.4, 0.5) is 0 Å². The minimum Gasteiger partial charge on any atom is -0.309 e. The Labute approximate surface area is 126 Å². The summed E-state index contributed by atoms with van der Waals surface area (Å²) in [7, 11) is -3.30. The number of rotatable bonds is 9. The molecule has 20 heavy (non-hydrogen) atoms. The molecule has 0 spiro atoms. The van der Waals surface area contributed by atoms with Crippen LogP contribution in [-0.2, 0) is 16.6 Å². The molecule has 1 aliphatic rings. The van der Waals surface area contributed by atoms with Crippen LogP contribution in [0.15, 0.2) is 16.3 Å². The van der Waals surface area contributed by atoms with E-state index < -0.39 is 10.0 Å². The molecule has 1 aromatic heterocycles. The summed E-state index contributed by atoms with van der Waals surface area (Å²) >= 11 is 1.40. The fourth-order valence-electron chi connectivity index (χ4n) is 2.10. The molecule has 0 unspecified atom stereocenters. The lowest BCUT2D eigenvalue weighted by atomic mass is 10.4. The molecule has 1 aliphatic carbocycles. The molecule has 4 nitrogen and oxygen atoms in total. The zero-order valence-electron chi connectivity index (χ0n) is 12.3. The van der Waals surface area contributed by atoms with Gasteiger partial charge in [-0.25, -0.2) is 8.42 Å². The highest BCUT2D eigenvalue weighted by Crippen LogP contribution is 2.26. The zero-order valence-corrected chi connectivity index (χ0v) is 13.9. The van der Waals surface area contributed by atoms with Crippen LogP contribution in [-0.4, -0.2) is 31.9 Å². The van der Waals surface area contributed by atoms with Gasteiger partial charge in [0.15, 0.2) is 0 Å². The Balaban J connectivity index is 2.06. The van der Waals surface area contributed by atoms with Gasteiger partial charge in [-0.05, 0) is 37.8 Å². The third-order valence-corrected chi connectivity index (χ3v) is 6.77. The molecule has 0 aliphatic heterocycles. The van der Waals surface area contributed by atoms with Crippen molar-refractivity contribution < 1.29 is 8.42 Å². The topological polar surface area (TPSA) is 49.4 Å².